The summed E-state index contributed by atoms with van der Waals surface area (Å²) < 4.78 is 5.24. The average molecular weight is 478 g/mol. The van der Waals surface area contributed by atoms with Crippen molar-refractivity contribution in [2.75, 3.05) is 7.11 Å². The molecule has 1 aliphatic heterocycles. The number of nitrogens with zero attached hydrogens (tertiary/aromatic N) is 2. The summed E-state index contributed by atoms with van der Waals surface area (Å²) in [6.07, 6.45) is 3.63. The fourth-order valence-electron chi connectivity index (χ4n) is 4.34. The van der Waals surface area contributed by atoms with Gasteiger partial charge >= 0.3 is 0 Å². The van der Waals surface area contributed by atoms with E-state index in [0.717, 1.165) is 6.42 Å². The quantitative estimate of drug-likeness (QED) is 0.359. The minimum atomic E-state index is -0.844. The first-order chi connectivity index (χ1) is 16.5. The molecule has 35 heavy (non-hydrogen) atoms. The Morgan fingerprint density at radius 3 is 2.74 bits per heavy atom. The Morgan fingerprint density at radius 2 is 2.11 bits per heavy atom. The van der Waals surface area contributed by atoms with Gasteiger partial charge in [-0.3, -0.25) is 14.4 Å². The standard InChI is InChI=1S/C23H32B2N6O4/c1-12(2)8-17(30-21(34)18-10-15-16(29-18)5-7-27-22(15)35-3)20(33)28-14(11-26)9-13-4-6-23(24,25)31-19(13)32/h5,7,10,12-14,17,29H,4,6,8-9,24-25H2,1-3H3,(H,28,33)(H,30,34)(H,31,32)/t13-,14-,17-/m0/s1. The molecule has 1 fully saturated rings. The maximum Gasteiger partial charge on any atom is 0.268 e. The van der Waals surface area contributed by atoms with E-state index in [2.05, 4.69) is 32.0 Å². The molecule has 0 bridgehead atoms. The third-order valence-corrected chi connectivity index (χ3v) is 6.22. The lowest BCUT2D eigenvalue weighted by Crippen LogP contribution is -2.56. The normalized spacial score (nSPS) is 18.8. The molecular formula is C23H32B2N6O4. The number of hydrogen-bond acceptors (Lipinski definition) is 6. The lowest BCUT2D eigenvalue weighted by molar-refractivity contribution is -0.129. The summed E-state index contributed by atoms with van der Waals surface area (Å²) in [5.41, 5.74) is 0.955. The zero-order valence-corrected chi connectivity index (χ0v) is 20.9. The van der Waals surface area contributed by atoms with Crippen molar-refractivity contribution in [1.29, 1.82) is 5.26 Å². The highest BCUT2D eigenvalue weighted by Gasteiger charge is 2.34. The molecule has 0 radical (unpaired) electrons. The molecule has 2 aromatic heterocycles. The first-order valence-corrected chi connectivity index (χ1v) is 11.9. The van der Waals surface area contributed by atoms with Crippen molar-refractivity contribution < 1.29 is 19.1 Å². The summed E-state index contributed by atoms with van der Waals surface area (Å²) in [6.45, 7) is 3.89. The SMILES string of the molecule is BC1(B)CC[C@@H](C[C@@H](C#N)NC(=O)[C@H](CC(C)C)NC(=O)c2cc3c(OC)nccc3[nH]2)C(=O)N1. The number of H-pyrrole nitrogens is 1. The highest BCUT2D eigenvalue weighted by atomic mass is 16.5. The van der Waals surface area contributed by atoms with Crippen LogP contribution in [0.15, 0.2) is 18.3 Å². The largest absolute Gasteiger partial charge is 0.481 e. The number of carbonyl (C=O) groups excluding carboxylic acids is 3. The number of amides is 3. The highest BCUT2D eigenvalue weighted by molar-refractivity contribution is 6.41. The van der Waals surface area contributed by atoms with Gasteiger partial charge in [0.25, 0.3) is 5.91 Å². The Morgan fingerprint density at radius 1 is 1.37 bits per heavy atom. The van der Waals surface area contributed by atoms with Gasteiger partial charge in [-0.2, -0.15) is 5.26 Å². The maximum absolute atomic E-state index is 13.1. The summed E-state index contributed by atoms with van der Waals surface area (Å²) in [6, 6.07) is 3.77. The molecular weight excluding hydrogens is 446 g/mol. The smallest absolute Gasteiger partial charge is 0.268 e. The van der Waals surface area contributed by atoms with Crippen LogP contribution in [0.2, 0.25) is 0 Å². The molecule has 0 aromatic carbocycles. The molecule has 0 aliphatic carbocycles. The Balaban J connectivity index is 1.69. The predicted octanol–water partition coefficient (Wildman–Crippen LogP) is -0.439. The molecule has 184 valence electrons. The first-order valence-electron chi connectivity index (χ1n) is 11.9. The second-order valence-corrected chi connectivity index (χ2v) is 10.2. The fourth-order valence-corrected chi connectivity index (χ4v) is 4.34. The Bertz CT molecular complexity index is 1140. The van der Waals surface area contributed by atoms with Gasteiger partial charge in [0.15, 0.2) is 0 Å². The van der Waals surface area contributed by atoms with Crippen LogP contribution >= 0.6 is 0 Å². The van der Waals surface area contributed by atoms with Crippen LogP contribution in [0.3, 0.4) is 0 Å². The highest BCUT2D eigenvalue weighted by Crippen LogP contribution is 2.24. The van der Waals surface area contributed by atoms with Crippen molar-refractivity contribution in [3.05, 3.63) is 24.0 Å². The first kappa shape index (κ1) is 26.1. The van der Waals surface area contributed by atoms with Gasteiger partial charge in [-0.25, -0.2) is 4.98 Å². The molecule has 3 amide bonds. The summed E-state index contributed by atoms with van der Waals surface area (Å²) in [5, 5.41) is 18.5. The molecule has 2 aromatic rings. The topological polar surface area (TPSA) is 149 Å². The predicted molar refractivity (Wildman–Crippen MR) is 136 cm³/mol. The van der Waals surface area contributed by atoms with Gasteiger partial charge in [0.1, 0.15) is 33.5 Å². The van der Waals surface area contributed by atoms with Crippen LogP contribution in [0.5, 0.6) is 5.88 Å². The van der Waals surface area contributed by atoms with Crippen molar-refractivity contribution in [2.45, 2.75) is 57.0 Å². The number of rotatable bonds is 9. The van der Waals surface area contributed by atoms with Gasteiger partial charge in [0, 0.05) is 12.1 Å². The number of hydrogen-bond donors (Lipinski definition) is 4. The summed E-state index contributed by atoms with van der Waals surface area (Å²) in [7, 11) is 5.42. The Labute approximate surface area is 206 Å². The van der Waals surface area contributed by atoms with Crippen molar-refractivity contribution in [3.63, 3.8) is 0 Å². The van der Waals surface area contributed by atoms with E-state index in [1.54, 1.807) is 18.3 Å². The van der Waals surface area contributed by atoms with E-state index in [9.17, 15) is 19.6 Å². The number of methoxy groups -OCH3 is 1. The molecule has 3 atom stereocenters. The minimum Gasteiger partial charge on any atom is -0.481 e. The molecule has 0 unspecified atom stereocenters. The van der Waals surface area contributed by atoms with Crippen molar-refractivity contribution >= 4 is 44.3 Å². The third kappa shape index (κ3) is 6.56. The van der Waals surface area contributed by atoms with Gasteiger partial charge in [-0.15, -0.1) is 0 Å². The van der Waals surface area contributed by atoms with Gasteiger partial charge in [0.2, 0.25) is 17.7 Å². The zero-order valence-electron chi connectivity index (χ0n) is 20.9. The van der Waals surface area contributed by atoms with E-state index in [0.29, 0.717) is 29.6 Å². The van der Waals surface area contributed by atoms with Gasteiger partial charge in [0.05, 0.1) is 24.1 Å². The van der Waals surface area contributed by atoms with Crippen molar-refractivity contribution in [3.8, 4) is 11.9 Å². The minimum absolute atomic E-state index is 0.105. The van der Waals surface area contributed by atoms with E-state index in [4.69, 9.17) is 4.74 Å². The maximum atomic E-state index is 13.1. The third-order valence-electron chi connectivity index (χ3n) is 6.22. The number of nitriles is 1. The van der Waals surface area contributed by atoms with Gasteiger partial charge < -0.3 is 25.7 Å². The van der Waals surface area contributed by atoms with E-state index < -0.39 is 23.9 Å². The molecule has 12 heteroatoms. The summed E-state index contributed by atoms with van der Waals surface area (Å²) in [4.78, 5) is 45.7. The van der Waals surface area contributed by atoms with Crippen molar-refractivity contribution in [2.24, 2.45) is 11.8 Å². The fraction of sp³-hybridized carbons (Fsp3) is 0.522. The number of pyridine rings is 1. The Kier molecular flexibility index (Phi) is 8.10. The number of carbonyl (C=O) groups is 3. The van der Waals surface area contributed by atoms with E-state index >= 15 is 0 Å². The molecule has 3 rings (SSSR count). The van der Waals surface area contributed by atoms with E-state index in [-0.39, 0.29) is 35.2 Å². The van der Waals surface area contributed by atoms with Gasteiger partial charge in [-0.1, -0.05) is 13.8 Å². The molecule has 0 saturated carbocycles. The van der Waals surface area contributed by atoms with Crippen LogP contribution in [0, 0.1) is 23.2 Å². The number of fused-ring (bicyclic) bond motifs is 1. The van der Waals surface area contributed by atoms with Crippen LogP contribution in [-0.4, -0.2) is 67.9 Å². The number of piperidine rings is 1. The lowest BCUT2D eigenvalue weighted by atomic mass is 9.57. The Hall–Kier alpha value is -3.48. The molecule has 4 N–H and O–H groups in total. The molecule has 1 aliphatic rings. The second-order valence-electron chi connectivity index (χ2n) is 10.2. The number of aromatic nitrogens is 2. The van der Waals surface area contributed by atoms with Gasteiger partial charge in [-0.05, 0) is 49.1 Å². The molecule has 10 nitrogen and oxygen atoms in total. The zero-order chi connectivity index (χ0) is 25.8. The van der Waals surface area contributed by atoms with Crippen LogP contribution in [-0.2, 0) is 9.59 Å². The second kappa shape index (κ2) is 10.8. The number of nitrogens with one attached hydrogen (secondary N) is 4. The molecule has 3 heterocycles. The molecule has 0 spiro atoms. The van der Waals surface area contributed by atoms with E-state index in [1.165, 1.54) is 7.11 Å². The van der Waals surface area contributed by atoms with Crippen LogP contribution in [0.4, 0.5) is 0 Å². The van der Waals surface area contributed by atoms with Crippen LogP contribution in [0.1, 0.15) is 50.0 Å². The van der Waals surface area contributed by atoms with Crippen LogP contribution < -0.4 is 20.7 Å². The number of ether oxygens (including phenoxy) is 1. The van der Waals surface area contributed by atoms with E-state index in [1.807, 2.05) is 29.5 Å². The average Bonchev–Trinajstić information content (AvgIpc) is 3.23. The summed E-state index contributed by atoms with van der Waals surface area (Å²) >= 11 is 0. The number of aromatic amines is 1. The van der Waals surface area contributed by atoms with Crippen LogP contribution in [0.25, 0.3) is 10.9 Å². The lowest BCUT2D eigenvalue weighted by Gasteiger charge is -2.36. The van der Waals surface area contributed by atoms with Crippen molar-refractivity contribution in [1.82, 2.24) is 25.9 Å². The monoisotopic (exact) mass is 478 g/mol. The summed E-state index contributed by atoms with van der Waals surface area (Å²) in [5.74, 6) is -0.851. The molecule has 1 saturated heterocycles.